The highest BCUT2D eigenvalue weighted by Crippen LogP contribution is 2.31. The predicted molar refractivity (Wildman–Crippen MR) is 60.2 cm³/mol. The highest BCUT2D eigenvalue weighted by atomic mass is 16.4. The molecule has 0 saturated heterocycles. The molecule has 0 aromatic carbocycles. The van der Waals surface area contributed by atoms with Crippen molar-refractivity contribution in [2.75, 3.05) is 6.54 Å². The molecular weight excluding hydrogens is 208 g/mol. The van der Waals surface area contributed by atoms with Crippen LogP contribution in [-0.2, 0) is 4.79 Å². The molecule has 92 valence electrons. The van der Waals surface area contributed by atoms with Gasteiger partial charge in [-0.05, 0) is 18.8 Å². The zero-order valence-corrected chi connectivity index (χ0v) is 9.66. The number of amides is 2. The maximum atomic E-state index is 11.3. The largest absolute Gasteiger partial charge is 0.480 e. The van der Waals surface area contributed by atoms with Gasteiger partial charge in [-0.25, -0.2) is 9.59 Å². The second-order valence-electron chi connectivity index (χ2n) is 4.31. The summed E-state index contributed by atoms with van der Waals surface area (Å²) in [6, 6.07) is -1.15. The van der Waals surface area contributed by atoms with E-state index in [1.165, 1.54) is 12.8 Å². The van der Waals surface area contributed by atoms with Crippen LogP contribution in [-0.4, -0.2) is 29.7 Å². The molecule has 0 heterocycles. The summed E-state index contributed by atoms with van der Waals surface area (Å²) in [7, 11) is 0. The Morgan fingerprint density at radius 3 is 2.62 bits per heavy atom. The number of urea groups is 1. The van der Waals surface area contributed by atoms with Crippen molar-refractivity contribution in [1.29, 1.82) is 0 Å². The van der Waals surface area contributed by atoms with Gasteiger partial charge in [-0.15, -0.1) is 0 Å². The molecule has 0 spiro atoms. The average molecular weight is 228 g/mol. The molecule has 0 aromatic heterocycles. The summed E-state index contributed by atoms with van der Waals surface area (Å²) in [5.74, 6) is -0.203. The van der Waals surface area contributed by atoms with E-state index in [-0.39, 0.29) is 6.03 Å². The van der Waals surface area contributed by atoms with Gasteiger partial charge in [0, 0.05) is 6.54 Å². The van der Waals surface area contributed by atoms with Crippen molar-refractivity contribution in [3.63, 3.8) is 0 Å². The monoisotopic (exact) mass is 228 g/mol. The Balaban J connectivity index is 2.15. The van der Waals surface area contributed by atoms with E-state index in [1.807, 2.05) is 6.92 Å². The summed E-state index contributed by atoms with van der Waals surface area (Å²) in [4.78, 5) is 22.1. The summed E-state index contributed by atoms with van der Waals surface area (Å²) >= 11 is 0. The normalized spacial score (nSPS) is 16.6. The number of carbonyl (C=O) groups is 2. The lowest BCUT2D eigenvalue weighted by Crippen LogP contribution is -2.46. The standard InChI is InChI=1S/C11H20N2O3/c1-2-3-9(10(14)15)13-11(16)12-7-6-8-4-5-8/h8-9H,2-7H2,1H3,(H,14,15)(H2,12,13,16)/t9-/m0/s1. The number of carbonyl (C=O) groups excluding carboxylic acids is 1. The fraction of sp³-hybridized carbons (Fsp3) is 0.818. The lowest BCUT2D eigenvalue weighted by Gasteiger charge is -2.14. The van der Waals surface area contributed by atoms with Crippen LogP contribution in [0, 0.1) is 5.92 Å². The van der Waals surface area contributed by atoms with Gasteiger partial charge in [-0.1, -0.05) is 26.2 Å². The molecule has 2 amide bonds. The second-order valence-corrected chi connectivity index (χ2v) is 4.31. The minimum absolute atomic E-state index is 0.374. The van der Waals surface area contributed by atoms with E-state index in [4.69, 9.17) is 5.11 Å². The molecule has 1 aliphatic carbocycles. The summed E-state index contributed by atoms with van der Waals surface area (Å²) < 4.78 is 0. The van der Waals surface area contributed by atoms with Gasteiger partial charge in [0.1, 0.15) is 6.04 Å². The zero-order chi connectivity index (χ0) is 12.0. The highest BCUT2D eigenvalue weighted by molar-refractivity contribution is 5.82. The quantitative estimate of drug-likeness (QED) is 0.615. The van der Waals surface area contributed by atoms with Gasteiger partial charge in [-0.2, -0.15) is 0 Å². The van der Waals surface area contributed by atoms with Crippen LogP contribution in [0.25, 0.3) is 0 Å². The molecule has 0 radical (unpaired) electrons. The summed E-state index contributed by atoms with van der Waals surface area (Å²) in [6.45, 7) is 2.53. The fourth-order valence-electron chi connectivity index (χ4n) is 1.55. The van der Waals surface area contributed by atoms with E-state index < -0.39 is 12.0 Å². The number of hydrogen-bond donors (Lipinski definition) is 3. The van der Waals surface area contributed by atoms with Gasteiger partial charge in [0.25, 0.3) is 0 Å². The molecule has 0 bridgehead atoms. The Morgan fingerprint density at radius 2 is 2.12 bits per heavy atom. The zero-order valence-electron chi connectivity index (χ0n) is 9.66. The molecule has 1 atom stereocenters. The third kappa shape index (κ3) is 5.00. The molecule has 1 rings (SSSR count). The Morgan fingerprint density at radius 1 is 1.44 bits per heavy atom. The molecule has 16 heavy (non-hydrogen) atoms. The van der Waals surface area contributed by atoms with Crippen molar-refractivity contribution < 1.29 is 14.7 Å². The minimum Gasteiger partial charge on any atom is -0.480 e. The Kier molecular flexibility index (Phi) is 5.08. The van der Waals surface area contributed by atoms with Crippen LogP contribution in [0.3, 0.4) is 0 Å². The molecule has 5 heteroatoms. The Bertz CT molecular complexity index is 252. The van der Waals surface area contributed by atoms with Gasteiger partial charge < -0.3 is 15.7 Å². The first-order chi connectivity index (χ1) is 7.63. The van der Waals surface area contributed by atoms with E-state index in [1.54, 1.807) is 0 Å². The van der Waals surface area contributed by atoms with E-state index >= 15 is 0 Å². The van der Waals surface area contributed by atoms with E-state index in [9.17, 15) is 9.59 Å². The maximum absolute atomic E-state index is 11.3. The number of hydrogen-bond acceptors (Lipinski definition) is 2. The van der Waals surface area contributed by atoms with Crippen LogP contribution < -0.4 is 10.6 Å². The van der Waals surface area contributed by atoms with Crippen LogP contribution in [0.5, 0.6) is 0 Å². The van der Waals surface area contributed by atoms with Gasteiger partial charge in [0.15, 0.2) is 0 Å². The van der Waals surface area contributed by atoms with Crippen LogP contribution in [0.4, 0.5) is 4.79 Å². The summed E-state index contributed by atoms with van der Waals surface area (Å²) in [5.41, 5.74) is 0. The van der Waals surface area contributed by atoms with Crippen molar-refractivity contribution in [3.8, 4) is 0 Å². The van der Waals surface area contributed by atoms with Gasteiger partial charge in [0.05, 0.1) is 0 Å². The van der Waals surface area contributed by atoms with E-state index in [0.717, 1.165) is 18.8 Å². The number of aliphatic carboxylic acids is 1. The molecule has 0 aliphatic heterocycles. The number of carboxylic acids is 1. The SMILES string of the molecule is CCC[C@H](NC(=O)NCCC1CC1)C(=O)O. The minimum atomic E-state index is -0.973. The van der Waals surface area contributed by atoms with Gasteiger partial charge in [0.2, 0.25) is 0 Å². The topological polar surface area (TPSA) is 78.4 Å². The van der Waals surface area contributed by atoms with E-state index in [0.29, 0.717) is 13.0 Å². The molecule has 1 aliphatic rings. The highest BCUT2D eigenvalue weighted by Gasteiger charge is 2.21. The van der Waals surface area contributed by atoms with E-state index in [2.05, 4.69) is 10.6 Å². The number of rotatable bonds is 7. The van der Waals surface area contributed by atoms with Gasteiger partial charge >= 0.3 is 12.0 Å². The summed E-state index contributed by atoms with van der Waals surface area (Å²) in [5, 5.41) is 14.0. The van der Waals surface area contributed by atoms with Crippen molar-refractivity contribution in [3.05, 3.63) is 0 Å². The first-order valence-electron chi connectivity index (χ1n) is 5.90. The van der Waals surface area contributed by atoms with Crippen molar-refractivity contribution in [1.82, 2.24) is 10.6 Å². The third-order valence-electron chi connectivity index (χ3n) is 2.72. The maximum Gasteiger partial charge on any atom is 0.326 e. The first kappa shape index (κ1) is 12.8. The lowest BCUT2D eigenvalue weighted by atomic mass is 10.2. The molecule has 5 nitrogen and oxygen atoms in total. The third-order valence-corrected chi connectivity index (χ3v) is 2.72. The molecule has 1 saturated carbocycles. The molecule has 0 aromatic rings. The van der Waals surface area contributed by atoms with Gasteiger partial charge in [-0.3, -0.25) is 0 Å². The van der Waals surface area contributed by atoms with Crippen LogP contribution in [0.1, 0.15) is 39.0 Å². The van der Waals surface area contributed by atoms with Crippen LogP contribution >= 0.6 is 0 Å². The Labute approximate surface area is 95.6 Å². The van der Waals surface area contributed by atoms with Crippen LogP contribution in [0.2, 0.25) is 0 Å². The number of carboxylic acid groups (broad SMARTS) is 1. The summed E-state index contributed by atoms with van der Waals surface area (Å²) in [6.07, 6.45) is 4.72. The van der Waals surface area contributed by atoms with Crippen molar-refractivity contribution >= 4 is 12.0 Å². The average Bonchev–Trinajstić information content (AvgIpc) is 3.01. The molecule has 0 unspecified atom stereocenters. The second kappa shape index (κ2) is 6.35. The van der Waals surface area contributed by atoms with Crippen molar-refractivity contribution in [2.45, 2.75) is 45.1 Å². The Hall–Kier alpha value is -1.26. The number of nitrogens with one attached hydrogen (secondary N) is 2. The fourth-order valence-corrected chi connectivity index (χ4v) is 1.55. The first-order valence-corrected chi connectivity index (χ1v) is 5.90. The van der Waals surface area contributed by atoms with Crippen LogP contribution in [0.15, 0.2) is 0 Å². The lowest BCUT2D eigenvalue weighted by molar-refractivity contribution is -0.139. The smallest absolute Gasteiger partial charge is 0.326 e. The van der Waals surface area contributed by atoms with Crippen molar-refractivity contribution in [2.24, 2.45) is 5.92 Å². The molecular formula is C11H20N2O3. The predicted octanol–water partition coefficient (Wildman–Crippen LogP) is 1.34. The molecule has 3 N–H and O–H groups in total. The molecule has 1 fully saturated rings.